The van der Waals surface area contributed by atoms with E-state index in [2.05, 4.69) is 28.1 Å². The molecule has 2 atom stereocenters. The molecule has 2 unspecified atom stereocenters. The normalized spacial score (nSPS) is 14.8. The average molecular weight is 367 g/mol. The Labute approximate surface area is 150 Å². The number of likely N-dealkylation sites (N-methyl/N-ethyl adjacent to an activating group) is 1. The van der Waals surface area contributed by atoms with Gasteiger partial charge < -0.3 is 23.5 Å². The lowest BCUT2D eigenvalue weighted by atomic mass is 10.0. The lowest BCUT2D eigenvalue weighted by Gasteiger charge is -2.23. The molecule has 0 aromatic carbocycles. The zero-order valence-corrected chi connectivity index (χ0v) is 17.3. The molecule has 0 aromatic heterocycles. The Morgan fingerprint density at radius 3 is 2.00 bits per heavy atom. The SMILES string of the molecule is CCCCCCCCCC(O)CCCOP(O)OCC[N+](C)(C)C. The van der Waals surface area contributed by atoms with Crippen LogP contribution in [0.4, 0.5) is 0 Å². The fourth-order valence-corrected chi connectivity index (χ4v) is 2.97. The van der Waals surface area contributed by atoms with E-state index in [1.54, 1.807) is 0 Å². The Bertz CT molecular complexity index is 274. The van der Waals surface area contributed by atoms with Crippen LogP contribution in [-0.4, -0.2) is 61.5 Å². The smallest absolute Gasteiger partial charge is 0.330 e. The quantitative estimate of drug-likeness (QED) is 0.230. The number of aliphatic hydroxyl groups is 1. The Hall–Kier alpha value is 0.230. The van der Waals surface area contributed by atoms with E-state index in [0.29, 0.717) is 13.2 Å². The van der Waals surface area contributed by atoms with Gasteiger partial charge in [-0.05, 0) is 19.3 Å². The first-order valence-corrected chi connectivity index (χ1v) is 10.7. The van der Waals surface area contributed by atoms with Gasteiger partial charge in [-0.2, -0.15) is 0 Å². The summed E-state index contributed by atoms with van der Waals surface area (Å²) in [6.45, 7) is 4.00. The first-order valence-electron chi connectivity index (χ1n) is 9.58. The van der Waals surface area contributed by atoms with Crippen molar-refractivity contribution in [3.8, 4) is 0 Å². The predicted octanol–water partition coefficient (Wildman–Crippen LogP) is 4.23. The third-order valence-corrected chi connectivity index (χ3v) is 4.80. The van der Waals surface area contributed by atoms with Crippen LogP contribution in [-0.2, 0) is 9.05 Å². The van der Waals surface area contributed by atoms with Gasteiger partial charge in [-0.1, -0.05) is 51.9 Å². The summed E-state index contributed by atoms with van der Waals surface area (Å²) in [5.74, 6) is 0. The van der Waals surface area contributed by atoms with Gasteiger partial charge >= 0.3 is 8.60 Å². The van der Waals surface area contributed by atoms with Gasteiger partial charge in [0.25, 0.3) is 0 Å². The minimum atomic E-state index is -1.78. The molecule has 0 amide bonds. The highest BCUT2D eigenvalue weighted by Gasteiger charge is 2.12. The lowest BCUT2D eigenvalue weighted by molar-refractivity contribution is -0.870. The first kappa shape index (κ1) is 24.2. The Morgan fingerprint density at radius 2 is 1.38 bits per heavy atom. The monoisotopic (exact) mass is 366 g/mol. The molecule has 0 spiro atoms. The van der Waals surface area contributed by atoms with Crippen LogP contribution in [0.5, 0.6) is 0 Å². The Balaban J connectivity index is 3.37. The standard InChI is InChI=1S/C18H41NO4P/c1-5-6-7-8-9-10-11-13-18(20)14-12-16-22-24(21)23-17-15-19(2,3)4/h18,20-21H,5-17H2,1-4H3/q+1. The van der Waals surface area contributed by atoms with Crippen LogP contribution in [0.1, 0.15) is 71.1 Å². The van der Waals surface area contributed by atoms with Crippen LogP contribution < -0.4 is 0 Å². The molecule has 0 bridgehead atoms. The van der Waals surface area contributed by atoms with Crippen molar-refractivity contribution in [3.05, 3.63) is 0 Å². The third kappa shape index (κ3) is 18.6. The molecule has 24 heavy (non-hydrogen) atoms. The van der Waals surface area contributed by atoms with Crippen LogP contribution in [0.25, 0.3) is 0 Å². The second kappa shape index (κ2) is 15.5. The van der Waals surface area contributed by atoms with Crippen LogP contribution in [0.3, 0.4) is 0 Å². The zero-order chi connectivity index (χ0) is 18.3. The maximum atomic E-state index is 9.94. The first-order chi connectivity index (χ1) is 11.3. The number of quaternary nitrogens is 1. The van der Waals surface area contributed by atoms with Crippen molar-refractivity contribution >= 4 is 8.60 Å². The molecule has 0 aliphatic heterocycles. The zero-order valence-electron chi connectivity index (χ0n) is 16.4. The summed E-state index contributed by atoms with van der Waals surface area (Å²) in [6, 6.07) is 0. The summed E-state index contributed by atoms with van der Waals surface area (Å²) in [5, 5.41) is 9.94. The van der Waals surface area contributed by atoms with E-state index < -0.39 is 8.60 Å². The number of unbranched alkanes of at least 4 members (excludes halogenated alkanes) is 6. The van der Waals surface area contributed by atoms with Gasteiger partial charge in [0.1, 0.15) is 13.2 Å². The largest absolute Gasteiger partial charge is 0.393 e. The van der Waals surface area contributed by atoms with Gasteiger partial charge in [0.2, 0.25) is 0 Å². The summed E-state index contributed by atoms with van der Waals surface area (Å²) in [5.41, 5.74) is 0. The third-order valence-electron chi connectivity index (χ3n) is 3.99. The Morgan fingerprint density at radius 1 is 0.833 bits per heavy atom. The molecule has 5 nitrogen and oxygen atoms in total. The van der Waals surface area contributed by atoms with Gasteiger partial charge in [0.05, 0.1) is 33.9 Å². The Kier molecular flexibility index (Phi) is 15.6. The molecule has 0 rings (SSSR count). The van der Waals surface area contributed by atoms with E-state index in [9.17, 15) is 10.00 Å². The van der Waals surface area contributed by atoms with Crippen molar-refractivity contribution < 1.29 is 23.5 Å². The molecule has 0 aliphatic rings. The molecule has 146 valence electrons. The molecule has 6 heteroatoms. The minimum Gasteiger partial charge on any atom is -0.393 e. The number of aliphatic hydroxyl groups excluding tert-OH is 1. The van der Waals surface area contributed by atoms with Crippen molar-refractivity contribution in [2.24, 2.45) is 0 Å². The van der Waals surface area contributed by atoms with E-state index >= 15 is 0 Å². The van der Waals surface area contributed by atoms with Crippen molar-refractivity contribution in [2.45, 2.75) is 77.2 Å². The summed E-state index contributed by atoms with van der Waals surface area (Å²) in [6.07, 6.45) is 11.0. The van der Waals surface area contributed by atoms with Crippen LogP contribution in [0.2, 0.25) is 0 Å². The van der Waals surface area contributed by atoms with Crippen molar-refractivity contribution in [1.29, 1.82) is 0 Å². The molecule has 2 N–H and O–H groups in total. The number of hydrogen-bond donors (Lipinski definition) is 2. The molecule has 0 saturated carbocycles. The fraction of sp³-hybridized carbons (Fsp3) is 1.00. The van der Waals surface area contributed by atoms with E-state index in [1.807, 2.05) is 0 Å². The van der Waals surface area contributed by atoms with Gasteiger partial charge in [0.15, 0.2) is 0 Å². The summed E-state index contributed by atoms with van der Waals surface area (Å²) in [4.78, 5) is 9.62. The molecular weight excluding hydrogens is 325 g/mol. The molecule has 0 heterocycles. The molecule has 0 aromatic rings. The molecule has 0 radical (unpaired) electrons. The number of nitrogens with zero attached hydrogens (tertiary/aromatic N) is 1. The summed E-state index contributed by atoms with van der Waals surface area (Å²) in [7, 11) is 4.46. The van der Waals surface area contributed by atoms with Crippen LogP contribution >= 0.6 is 8.60 Å². The lowest BCUT2D eigenvalue weighted by Crippen LogP contribution is -2.37. The van der Waals surface area contributed by atoms with E-state index in [-0.39, 0.29) is 6.10 Å². The second-order valence-electron chi connectivity index (χ2n) is 7.62. The molecule has 0 saturated heterocycles. The summed E-state index contributed by atoms with van der Waals surface area (Å²) >= 11 is 0. The van der Waals surface area contributed by atoms with Gasteiger partial charge in [-0.3, -0.25) is 0 Å². The topological polar surface area (TPSA) is 58.9 Å². The molecule has 0 aliphatic carbocycles. The predicted molar refractivity (Wildman–Crippen MR) is 102 cm³/mol. The minimum absolute atomic E-state index is 0.242. The van der Waals surface area contributed by atoms with Gasteiger partial charge in [0, 0.05) is 0 Å². The maximum Gasteiger partial charge on any atom is 0.330 e. The van der Waals surface area contributed by atoms with Crippen LogP contribution in [0, 0.1) is 0 Å². The second-order valence-corrected chi connectivity index (χ2v) is 8.62. The van der Waals surface area contributed by atoms with Crippen molar-refractivity contribution in [1.82, 2.24) is 0 Å². The van der Waals surface area contributed by atoms with E-state index in [4.69, 9.17) is 9.05 Å². The van der Waals surface area contributed by atoms with Crippen molar-refractivity contribution in [3.63, 3.8) is 0 Å². The molecular formula is C18H41NO4P+. The average Bonchev–Trinajstić information content (AvgIpc) is 2.49. The number of rotatable bonds is 17. The maximum absolute atomic E-state index is 9.94. The van der Waals surface area contributed by atoms with Gasteiger partial charge in [-0.15, -0.1) is 0 Å². The van der Waals surface area contributed by atoms with Crippen LogP contribution in [0.15, 0.2) is 0 Å². The summed E-state index contributed by atoms with van der Waals surface area (Å²) < 4.78 is 11.3. The highest BCUT2D eigenvalue weighted by atomic mass is 31.2. The fourth-order valence-electron chi connectivity index (χ4n) is 2.37. The van der Waals surface area contributed by atoms with E-state index in [0.717, 1.165) is 36.7 Å². The highest BCUT2D eigenvalue weighted by Crippen LogP contribution is 2.32. The highest BCUT2D eigenvalue weighted by molar-refractivity contribution is 7.40. The molecule has 0 fully saturated rings. The van der Waals surface area contributed by atoms with Gasteiger partial charge in [-0.25, -0.2) is 0 Å². The van der Waals surface area contributed by atoms with Crippen molar-refractivity contribution in [2.75, 3.05) is 40.9 Å². The van der Waals surface area contributed by atoms with E-state index in [1.165, 1.54) is 38.5 Å². The number of hydrogen-bond acceptors (Lipinski definition) is 4.